The Balaban J connectivity index is 1.58. The fourth-order valence-electron chi connectivity index (χ4n) is 7.09. The third-order valence-electron chi connectivity index (χ3n) is 7.82. The summed E-state index contributed by atoms with van der Waals surface area (Å²) in [5, 5.41) is 0. The highest BCUT2D eigenvalue weighted by molar-refractivity contribution is 9.09. The van der Waals surface area contributed by atoms with Crippen molar-refractivity contribution in [2.75, 3.05) is 0 Å². The van der Waals surface area contributed by atoms with Gasteiger partial charge in [-0.3, -0.25) is 0 Å². The molecule has 0 bridgehead atoms. The van der Waals surface area contributed by atoms with Crippen LogP contribution in [0.4, 0.5) is 0 Å². The Morgan fingerprint density at radius 2 is 1.50 bits per heavy atom. The maximum absolute atomic E-state index is 4.23. The number of rotatable bonds is 2. The van der Waals surface area contributed by atoms with Crippen molar-refractivity contribution in [3.05, 3.63) is 125 Å². The molecule has 1 saturated carbocycles. The summed E-state index contributed by atoms with van der Waals surface area (Å²) < 4.78 is 0. The number of hydrogen-bond acceptors (Lipinski definition) is 0. The van der Waals surface area contributed by atoms with Gasteiger partial charge in [0, 0.05) is 22.7 Å². The highest BCUT2D eigenvalue weighted by Crippen LogP contribution is 2.92. The van der Waals surface area contributed by atoms with E-state index >= 15 is 0 Å². The summed E-state index contributed by atoms with van der Waals surface area (Å²) in [6.07, 6.45) is 7.18. The van der Waals surface area contributed by atoms with E-state index in [9.17, 15) is 0 Å². The van der Waals surface area contributed by atoms with Crippen LogP contribution in [0.1, 0.15) is 38.6 Å². The molecule has 0 radical (unpaired) electrons. The van der Waals surface area contributed by atoms with E-state index in [4.69, 9.17) is 0 Å². The molecule has 0 aliphatic heterocycles. The van der Waals surface area contributed by atoms with Crippen molar-refractivity contribution in [3.8, 4) is 0 Å². The Morgan fingerprint density at radius 3 is 2.36 bits per heavy atom. The van der Waals surface area contributed by atoms with Gasteiger partial charge in [0.1, 0.15) is 0 Å². The quantitative estimate of drug-likeness (QED) is 0.398. The minimum Gasteiger partial charge on any atom is -0.0828 e. The first kappa shape index (κ1) is 15.5. The van der Waals surface area contributed by atoms with E-state index < -0.39 is 0 Å². The molecule has 0 N–H and O–H groups in total. The number of alkyl halides is 1. The second kappa shape index (κ2) is 4.96. The van der Waals surface area contributed by atoms with Crippen molar-refractivity contribution in [1.29, 1.82) is 0 Å². The molecule has 4 aliphatic carbocycles. The van der Waals surface area contributed by atoms with Gasteiger partial charge >= 0.3 is 0 Å². The molecule has 0 amide bonds. The van der Waals surface area contributed by atoms with Gasteiger partial charge in [-0.1, -0.05) is 113 Å². The standard InChI is InChI=1S/C27H19Br/c28-25(17-9-2-1-3-10-17)27-22-14-7-6-13-20(22)24-19-12-5-4-11-18(19)21-15-8-16-23(27)26(21,24)27/h1-16,23-25H. The summed E-state index contributed by atoms with van der Waals surface area (Å²) in [7, 11) is 0. The van der Waals surface area contributed by atoms with Gasteiger partial charge in [-0.15, -0.1) is 0 Å². The zero-order valence-corrected chi connectivity index (χ0v) is 16.9. The largest absolute Gasteiger partial charge is 0.0828 e. The summed E-state index contributed by atoms with van der Waals surface area (Å²) in [6, 6.07) is 29.3. The van der Waals surface area contributed by atoms with E-state index in [-0.39, 0.29) is 15.7 Å². The molecule has 3 aromatic carbocycles. The van der Waals surface area contributed by atoms with Gasteiger partial charge in [0.05, 0.1) is 4.83 Å². The molecule has 0 saturated heterocycles. The van der Waals surface area contributed by atoms with E-state index in [1.807, 2.05) is 0 Å². The Morgan fingerprint density at radius 1 is 0.786 bits per heavy atom. The summed E-state index contributed by atoms with van der Waals surface area (Å²) in [5.41, 5.74) is 9.22. The lowest BCUT2D eigenvalue weighted by molar-refractivity contribution is 0.527. The van der Waals surface area contributed by atoms with Gasteiger partial charge in [0.2, 0.25) is 0 Å². The van der Waals surface area contributed by atoms with Crippen LogP contribution in [0.25, 0.3) is 5.57 Å². The van der Waals surface area contributed by atoms with Gasteiger partial charge < -0.3 is 0 Å². The normalized spacial score (nSPS) is 33.4. The minimum absolute atomic E-state index is 0.0769. The molecule has 28 heavy (non-hydrogen) atoms. The molecule has 0 heterocycles. The number of halogens is 1. The average molecular weight is 423 g/mol. The lowest BCUT2D eigenvalue weighted by atomic mass is 9.80. The fourth-order valence-corrected chi connectivity index (χ4v) is 8.30. The number of hydrogen-bond donors (Lipinski definition) is 0. The Labute approximate surface area is 173 Å². The predicted octanol–water partition coefficient (Wildman–Crippen LogP) is 6.79. The molecule has 0 aromatic heterocycles. The van der Waals surface area contributed by atoms with Crippen molar-refractivity contribution in [2.45, 2.75) is 16.2 Å². The average Bonchev–Trinajstić information content (AvgIpc) is 3.14. The first-order valence-corrected chi connectivity index (χ1v) is 11.0. The third kappa shape index (κ3) is 1.41. The van der Waals surface area contributed by atoms with Crippen LogP contribution in [0.5, 0.6) is 0 Å². The number of allylic oxidation sites excluding steroid dienone is 4. The molecular weight excluding hydrogens is 404 g/mol. The van der Waals surface area contributed by atoms with Gasteiger partial charge in [-0.2, -0.15) is 0 Å². The van der Waals surface area contributed by atoms with Crippen molar-refractivity contribution in [3.63, 3.8) is 0 Å². The van der Waals surface area contributed by atoms with Gasteiger partial charge in [0.15, 0.2) is 0 Å². The minimum atomic E-state index is 0.0769. The van der Waals surface area contributed by atoms with Crippen LogP contribution in [0, 0.1) is 11.3 Å². The lowest BCUT2D eigenvalue weighted by Gasteiger charge is -2.26. The van der Waals surface area contributed by atoms with Crippen LogP contribution in [-0.2, 0) is 5.41 Å². The first-order valence-electron chi connectivity index (χ1n) is 10.1. The molecule has 134 valence electrons. The Kier molecular flexibility index (Phi) is 2.75. The van der Waals surface area contributed by atoms with Gasteiger partial charge in [-0.25, -0.2) is 0 Å². The van der Waals surface area contributed by atoms with Gasteiger partial charge in [0.25, 0.3) is 0 Å². The van der Waals surface area contributed by atoms with Crippen LogP contribution in [0.3, 0.4) is 0 Å². The van der Waals surface area contributed by atoms with Crippen molar-refractivity contribution in [2.24, 2.45) is 11.3 Å². The van der Waals surface area contributed by atoms with Crippen molar-refractivity contribution < 1.29 is 0 Å². The van der Waals surface area contributed by atoms with E-state index in [1.165, 1.54) is 22.3 Å². The highest BCUT2D eigenvalue weighted by Gasteiger charge is 2.87. The smallest absolute Gasteiger partial charge is 0.0507 e. The summed E-state index contributed by atoms with van der Waals surface area (Å²) in [4.78, 5) is 0.290. The fraction of sp³-hybridized carbons (Fsp3) is 0.185. The van der Waals surface area contributed by atoms with Crippen molar-refractivity contribution in [1.82, 2.24) is 0 Å². The molecule has 3 aromatic rings. The van der Waals surface area contributed by atoms with Crippen LogP contribution in [0.2, 0.25) is 0 Å². The molecule has 7 rings (SSSR count). The van der Waals surface area contributed by atoms with Crippen LogP contribution in [-0.4, -0.2) is 0 Å². The second-order valence-electron chi connectivity index (χ2n) is 8.56. The molecular formula is C27H19Br. The maximum Gasteiger partial charge on any atom is 0.0507 e. The number of benzene rings is 3. The Hall–Kier alpha value is -2.38. The van der Waals surface area contributed by atoms with E-state index in [0.717, 1.165) is 0 Å². The topological polar surface area (TPSA) is 0 Å². The molecule has 0 nitrogen and oxygen atoms in total. The molecule has 1 spiro atoms. The van der Waals surface area contributed by atoms with Crippen LogP contribution >= 0.6 is 15.9 Å². The monoisotopic (exact) mass is 422 g/mol. The van der Waals surface area contributed by atoms with E-state index in [1.54, 1.807) is 11.1 Å². The third-order valence-corrected chi connectivity index (χ3v) is 9.07. The summed E-state index contributed by atoms with van der Waals surface area (Å²) in [6.45, 7) is 0. The summed E-state index contributed by atoms with van der Waals surface area (Å²) in [5.74, 6) is 1.00. The van der Waals surface area contributed by atoms with Crippen LogP contribution in [0.15, 0.2) is 97.1 Å². The van der Waals surface area contributed by atoms with Crippen LogP contribution < -0.4 is 0 Å². The zero-order chi connectivity index (χ0) is 18.5. The second-order valence-corrected chi connectivity index (χ2v) is 9.48. The molecule has 1 fully saturated rings. The lowest BCUT2D eigenvalue weighted by Crippen LogP contribution is -2.20. The molecule has 5 atom stereocenters. The van der Waals surface area contributed by atoms with Gasteiger partial charge in [-0.05, 0) is 33.4 Å². The summed E-state index contributed by atoms with van der Waals surface area (Å²) >= 11 is 4.23. The Bertz CT molecular complexity index is 1200. The predicted molar refractivity (Wildman–Crippen MR) is 118 cm³/mol. The number of fused-ring (bicyclic) bond motifs is 7. The highest BCUT2D eigenvalue weighted by atomic mass is 79.9. The zero-order valence-electron chi connectivity index (χ0n) is 15.3. The molecule has 1 heteroatoms. The van der Waals surface area contributed by atoms with Crippen molar-refractivity contribution >= 4 is 21.5 Å². The SMILES string of the molecule is BrC(c1ccccc1)C12c3ccccc3C3c4ccccc4C4=CC=CC1C432. The molecule has 5 unspecified atom stereocenters. The van der Waals surface area contributed by atoms with E-state index in [0.29, 0.717) is 11.8 Å². The first-order chi connectivity index (χ1) is 13.8. The van der Waals surface area contributed by atoms with E-state index in [2.05, 4.69) is 113 Å². The maximum atomic E-state index is 4.23. The molecule has 4 aliphatic rings.